The Balaban J connectivity index is 2.31. The highest BCUT2D eigenvalue weighted by atomic mass is 19.1. The average molecular weight is 251 g/mol. The number of anilines is 1. The van der Waals surface area contributed by atoms with Gasteiger partial charge in [-0.3, -0.25) is 0 Å². The summed E-state index contributed by atoms with van der Waals surface area (Å²) in [5.41, 5.74) is 7.39. The molecule has 2 rings (SSSR count). The molecule has 0 aliphatic carbocycles. The smallest absolute Gasteiger partial charge is 0.146 e. The summed E-state index contributed by atoms with van der Waals surface area (Å²) in [6, 6.07) is 5.62. The van der Waals surface area contributed by atoms with Crippen LogP contribution < -0.4 is 10.6 Å². The van der Waals surface area contributed by atoms with Gasteiger partial charge in [0.05, 0.1) is 5.69 Å². The number of rotatable bonds is 3. The van der Waals surface area contributed by atoms with Gasteiger partial charge in [0.25, 0.3) is 0 Å². The highest BCUT2D eigenvalue weighted by Gasteiger charge is 2.25. The van der Waals surface area contributed by atoms with Gasteiger partial charge in [-0.25, -0.2) is 4.39 Å². The minimum atomic E-state index is -0.127. The van der Waals surface area contributed by atoms with Gasteiger partial charge in [-0.2, -0.15) is 0 Å². The summed E-state index contributed by atoms with van der Waals surface area (Å²) in [5, 5.41) is 0. The molecule has 100 valence electrons. The number of hydrogen-bond acceptors (Lipinski definition) is 3. The zero-order valence-corrected chi connectivity index (χ0v) is 11.2. The van der Waals surface area contributed by atoms with Crippen LogP contribution in [0.15, 0.2) is 18.2 Å². The molecule has 1 unspecified atom stereocenters. The molecule has 0 amide bonds. The largest absolute Gasteiger partial charge is 0.364 e. The van der Waals surface area contributed by atoms with Crippen molar-refractivity contribution in [3.05, 3.63) is 29.6 Å². The fraction of sp³-hybridized carbons (Fsp3) is 0.571. The van der Waals surface area contributed by atoms with Gasteiger partial charge in [-0.15, -0.1) is 0 Å². The lowest BCUT2D eigenvalue weighted by molar-refractivity contribution is 0.274. The Morgan fingerprint density at radius 1 is 1.39 bits per heavy atom. The molecule has 1 aliphatic heterocycles. The van der Waals surface area contributed by atoms with Crippen LogP contribution in [0.2, 0.25) is 0 Å². The first-order chi connectivity index (χ1) is 8.63. The fourth-order valence-electron chi connectivity index (χ4n) is 2.71. The van der Waals surface area contributed by atoms with Crippen molar-refractivity contribution >= 4 is 5.69 Å². The van der Waals surface area contributed by atoms with Crippen LogP contribution in [0.3, 0.4) is 0 Å². The number of likely N-dealkylation sites (N-methyl/N-ethyl adjacent to an activating group) is 1. The monoisotopic (exact) mass is 251 g/mol. The Morgan fingerprint density at radius 2 is 2.17 bits per heavy atom. The topological polar surface area (TPSA) is 32.5 Å². The van der Waals surface area contributed by atoms with Crippen molar-refractivity contribution in [3.8, 4) is 0 Å². The van der Waals surface area contributed by atoms with Crippen LogP contribution in [0.5, 0.6) is 0 Å². The van der Waals surface area contributed by atoms with Gasteiger partial charge in [0.1, 0.15) is 5.82 Å². The first kappa shape index (κ1) is 13.3. The minimum Gasteiger partial charge on any atom is -0.364 e. The van der Waals surface area contributed by atoms with Gasteiger partial charge in [0.15, 0.2) is 0 Å². The van der Waals surface area contributed by atoms with E-state index >= 15 is 0 Å². The number of nitrogens with two attached hydrogens (primary N) is 1. The van der Waals surface area contributed by atoms with Crippen LogP contribution in [-0.2, 0) is 6.42 Å². The molecule has 3 nitrogen and oxygen atoms in total. The molecular formula is C14H22FN3. The first-order valence-electron chi connectivity index (χ1n) is 6.56. The second kappa shape index (κ2) is 5.67. The standard InChI is InChI=1S/C14H22FN3/c1-11-10-17(2)8-9-18(11)14-12(6-7-16)4-3-5-13(14)15/h3-5,11H,6-10,16H2,1-2H3. The van der Waals surface area contributed by atoms with Gasteiger partial charge in [-0.1, -0.05) is 12.1 Å². The third-order valence-corrected chi connectivity index (χ3v) is 3.60. The molecule has 2 N–H and O–H groups in total. The summed E-state index contributed by atoms with van der Waals surface area (Å²) in [7, 11) is 2.11. The van der Waals surface area contributed by atoms with E-state index in [0.717, 1.165) is 37.3 Å². The van der Waals surface area contributed by atoms with Crippen molar-refractivity contribution in [1.82, 2.24) is 4.90 Å². The van der Waals surface area contributed by atoms with E-state index in [2.05, 4.69) is 23.8 Å². The van der Waals surface area contributed by atoms with Crippen molar-refractivity contribution in [2.45, 2.75) is 19.4 Å². The molecule has 4 heteroatoms. The maximum Gasteiger partial charge on any atom is 0.146 e. The predicted molar refractivity (Wildman–Crippen MR) is 73.5 cm³/mol. The summed E-state index contributed by atoms with van der Waals surface area (Å²) in [5.74, 6) is -0.127. The van der Waals surface area contributed by atoms with E-state index in [0.29, 0.717) is 12.6 Å². The van der Waals surface area contributed by atoms with E-state index in [1.165, 1.54) is 0 Å². The normalized spacial score (nSPS) is 21.3. The number of hydrogen-bond donors (Lipinski definition) is 1. The van der Waals surface area contributed by atoms with Crippen molar-refractivity contribution in [3.63, 3.8) is 0 Å². The summed E-state index contributed by atoms with van der Waals surface area (Å²) in [6.45, 7) is 5.51. The van der Waals surface area contributed by atoms with Crippen molar-refractivity contribution in [1.29, 1.82) is 0 Å². The maximum atomic E-state index is 14.1. The lowest BCUT2D eigenvalue weighted by Gasteiger charge is -2.40. The molecular weight excluding hydrogens is 229 g/mol. The van der Waals surface area contributed by atoms with E-state index < -0.39 is 0 Å². The quantitative estimate of drug-likeness (QED) is 0.883. The minimum absolute atomic E-state index is 0.127. The summed E-state index contributed by atoms with van der Waals surface area (Å²) in [6.07, 6.45) is 0.728. The molecule has 1 atom stereocenters. The van der Waals surface area contributed by atoms with Gasteiger partial charge in [-0.05, 0) is 38.6 Å². The zero-order valence-electron chi connectivity index (χ0n) is 11.2. The van der Waals surface area contributed by atoms with Gasteiger partial charge in [0, 0.05) is 25.7 Å². The Kier molecular flexibility index (Phi) is 4.19. The predicted octanol–water partition coefficient (Wildman–Crippen LogP) is 1.47. The first-order valence-corrected chi connectivity index (χ1v) is 6.56. The van der Waals surface area contributed by atoms with Crippen LogP contribution in [0.25, 0.3) is 0 Å². The molecule has 1 aromatic carbocycles. The molecule has 18 heavy (non-hydrogen) atoms. The third kappa shape index (κ3) is 2.65. The second-order valence-corrected chi connectivity index (χ2v) is 5.09. The molecule has 1 saturated heterocycles. The van der Waals surface area contributed by atoms with E-state index in [9.17, 15) is 4.39 Å². The fourth-order valence-corrected chi connectivity index (χ4v) is 2.71. The van der Waals surface area contributed by atoms with Crippen LogP contribution in [0.1, 0.15) is 12.5 Å². The SMILES string of the molecule is CC1CN(C)CCN1c1c(F)cccc1CCN. The average Bonchev–Trinajstić information content (AvgIpc) is 2.31. The molecule has 1 heterocycles. The highest BCUT2D eigenvalue weighted by Crippen LogP contribution is 2.28. The lowest BCUT2D eigenvalue weighted by atomic mass is 10.0. The lowest BCUT2D eigenvalue weighted by Crippen LogP contribution is -2.51. The van der Waals surface area contributed by atoms with E-state index in [1.807, 2.05) is 6.07 Å². The van der Waals surface area contributed by atoms with Crippen LogP contribution in [0.4, 0.5) is 10.1 Å². The number of nitrogens with zero attached hydrogens (tertiary/aromatic N) is 2. The number of halogens is 1. The third-order valence-electron chi connectivity index (χ3n) is 3.60. The number of piperazine rings is 1. The molecule has 1 aromatic rings. The number of para-hydroxylation sites is 1. The molecule has 1 aliphatic rings. The summed E-state index contributed by atoms with van der Waals surface area (Å²) >= 11 is 0. The molecule has 0 saturated carbocycles. The zero-order chi connectivity index (χ0) is 13.1. The molecule has 1 fully saturated rings. The summed E-state index contributed by atoms with van der Waals surface area (Å²) in [4.78, 5) is 4.46. The number of benzene rings is 1. The van der Waals surface area contributed by atoms with E-state index in [-0.39, 0.29) is 5.82 Å². The van der Waals surface area contributed by atoms with Crippen LogP contribution in [-0.4, -0.2) is 44.2 Å². The Labute approximate surface area is 108 Å². The Bertz CT molecular complexity index is 408. The van der Waals surface area contributed by atoms with Crippen LogP contribution in [0, 0.1) is 5.82 Å². The van der Waals surface area contributed by atoms with E-state index in [4.69, 9.17) is 5.73 Å². The molecule has 0 bridgehead atoms. The van der Waals surface area contributed by atoms with Crippen LogP contribution >= 0.6 is 0 Å². The Hall–Kier alpha value is -1.13. The maximum absolute atomic E-state index is 14.1. The summed E-state index contributed by atoms with van der Waals surface area (Å²) < 4.78 is 14.1. The van der Waals surface area contributed by atoms with Crippen molar-refractivity contribution in [2.75, 3.05) is 38.1 Å². The highest BCUT2D eigenvalue weighted by molar-refractivity contribution is 5.56. The van der Waals surface area contributed by atoms with Gasteiger partial charge < -0.3 is 15.5 Å². The molecule has 0 radical (unpaired) electrons. The molecule has 0 spiro atoms. The van der Waals surface area contributed by atoms with Crippen molar-refractivity contribution < 1.29 is 4.39 Å². The second-order valence-electron chi connectivity index (χ2n) is 5.09. The van der Waals surface area contributed by atoms with Crippen molar-refractivity contribution in [2.24, 2.45) is 5.73 Å². The van der Waals surface area contributed by atoms with Gasteiger partial charge in [0.2, 0.25) is 0 Å². The molecule has 0 aromatic heterocycles. The van der Waals surface area contributed by atoms with E-state index in [1.54, 1.807) is 12.1 Å². The van der Waals surface area contributed by atoms with Gasteiger partial charge >= 0.3 is 0 Å². The Morgan fingerprint density at radius 3 is 2.83 bits per heavy atom.